The molecule has 19 heavy (non-hydrogen) atoms. The lowest BCUT2D eigenvalue weighted by atomic mass is 10.1. The highest BCUT2D eigenvalue weighted by Gasteiger charge is 2.07. The molecule has 4 heteroatoms. The Labute approximate surface area is 110 Å². The Morgan fingerprint density at radius 3 is 2.58 bits per heavy atom. The summed E-state index contributed by atoms with van der Waals surface area (Å²) < 4.78 is 25.7. The lowest BCUT2D eigenvalue weighted by Crippen LogP contribution is -2.14. The Morgan fingerprint density at radius 2 is 1.89 bits per heavy atom. The maximum absolute atomic E-state index is 13.0. The van der Waals surface area contributed by atoms with Gasteiger partial charge in [0.15, 0.2) is 11.6 Å². The topological polar surface area (TPSA) is 29.1 Å². The fourth-order valence-electron chi connectivity index (χ4n) is 1.79. The number of halogens is 2. The van der Waals surface area contributed by atoms with Gasteiger partial charge in [0.1, 0.15) is 0 Å². The quantitative estimate of drug-likeness (QED) is 0.900. The highest BCUT2D eigenvalue weighted by atomic mass is 19.2. The summed E-state index contributed by atoms with van der Waals surface area (Å²) in [6.45, 7) is 1.94. The van der Waals surface area contributed by atoms with Gasteiger partial charge < -0.3 is 5.32 Å². The number of rotatable bonds is 3. The fourth-order valence-corrected chi connectivity index (χ4v) is 1.79. The second-order valence-electron chi connectivity index (χ2n) is 4.34. The van der Waals surface area contributed by atoms with Crippen molar-refractivity contribution in [2.24, 2.45) is 0 Å². The molecular formula is C15H13F2NO. The Bertz CT molecular complexity index is 611. The highest BCUT2D eigenvalue weighted by molar-refractivity contribution is 5.92. The van der Waals surface area contributed by atoms with Gasteiger partial charge in [0.25, 0.3) is 0 Å². The molecule has 1 N–H and O–H groups in total. The van der Waals surface area contributed by atoms with Crippen LogP contribution in [0.4, 0.5) is 14.5 Å². The zero-order valence-corrected chi connectivity index (χ0v) is 10.4. The van der Waals surface area contributed by atoms with E-state index < -0.39 is 11.6 Å². The van der Waals surface area contributed by atoms with Crippen molar-refractivity contribution in [3.63, 3.8) is 0 Å². The molecule has 0 aromatic heterocycles. The molecule has 2 rings (SSSR count). The van der Waals surface area contributed by atoms with Crippen molar-refractivity contribution in [1.29, 1.82) is 0 Å². The maximum atomic E-state index is 13.0. The van der Waals surface area contributed by atoms with Gasteiger partial charge in [0.05, 0.1) is 6.42 Å². The third-order valence-corrected chi connectivity index (χ3v) is 2.65. The summed E-state index contributed by atoms with van der Waals surface area (Å²) in [4.78, 5) is 11.8. The zero-order valence-electron chi connectivity index (χ0n) is 10.4. The van der Waals surface area contributed by atoms with Crippen molar-refractivity contribution in [1.82, 2.24) is 0 Å². The average Bonchev–Trinajstić information content (AvgIpc) is 2.34. The van der Waals surface area contributed by atoms with Crippen molar-refractivity contribution < 1.29 is 13.6 Å². The third kappa shape index (κ3) is 3.61. The molecule has 1 amide bonds. The summed E-state index contributed by atoms with van der Waals surface area (Å²) >= 11 is 0. The molecule has 0 radical (unpaired) electrons. The van der Waals surface area contributed by atoms with Crippen LogP contribution in [-0.2, 0) is 11.2 Å². The van der Waals surface area contributed by atoms with Crippen LogP contribution in [0.1, 0.15) is 11.1 Å². The van der Waals surface area contributed by atoms with E-state index in [1.807, 2.05) is 31.2 Å². The number of nitrogens with one attached hydrogen (secondary N) is 1. The number of hydrogen-bond acceptors (Lipinski definition) is 1. The summed E-state index contributed by atoms with van der Waals surface area (Å²) in [5.74, 6) is -2.18. The molecule has 0 spiro atoms. The van der Waals surface area contributed by atoms with Gasteiger partial charge in [-0.15, -0.1) is 0 Å². The van der Waals surface area contributed by atoms with Crippen molar-refractivity contribution in [3.05, 3.63) is 65.2 Å². The monoisotopic (exact) mass is 261 g/mol. The Kier molecular flexibility index (Phi) is 3.90. The molecule has 0 heterocycles. The second-order valence-corrected chi connectivity index (χ2v) is 4.34. The summed E-state index contributed by atoms with van der Waals surface area (Å²) in [6, 6.07) is 10.8. The minimum atomic E-state index is -0.978. The van der Waals surface area contributed by atoms with Crippen molar-refractivity contribution in [3.8, 4) is 0 Å². The average molecular weight is 261 g/mol. The van der Waals surface area contributed by atoms with Crippen molar-refractivity contribution >= 4 is 11.6 Å². The molecule has 2 aromatic rings. The number of aryl methyl sites for hydroxylation is 1. The SMILES string of the molecule is Cc1cccc(CC(=O)Nc2ccc(F)c(F)c2)c1. The molecule has 0 unspecified atom stereocenters. The summed E-state index contributed by atoms with van der Waals surface area (Å²) in [5, 5.41) is 2.53. The molecule has 0 aliphatic rings. The first kappa shape index (κ1) is 13.2. The van der Waals surface area contributed by atoms with Gasteiger partial charge in [-0.25, -0.2) is 8.78 Å². The van der Waals surface area contributed by atoms with E-state index in [-0.39, 0.29) is 18.0 Å². The molecule has 2 aromatic carbocycles. The van der Waals surface area contributed by atoms with Crippen LogP contribution >= 0.6 is 0 Å². The van der Waals surface area contributed by atoms with E-state index in [9.17, 15) is 13.6 Å². The first-order valence-electron chi connectivity index (χ1n) is 5.85. The molecule has 98 valence electrons. The number of amides is 1. The zero-order chi connectivity index (χ0) is 13.8. The largest absolute Gasteiger partial charge is 0.326 e. The number of carbonyl (C=O) groups is 1. The molecule has 0 aliphatic carbocycles. The third-order valence-electron chi connectivity index (χ3n) is 2.65. The normalized spacial score (nSPS) is 10.3. The Balaban J connectivity index is 2.03. The van der Waals surface area contributed by atoms with E-state index in [4.69, 9.17) is 0 Å². The number of anilines is 1. The first-order valence-corrected chi connectivity index (χ1v) is 5.85. The standard InChI is InChI=1S/C15H13F2NO/c1-10-3-2-4-11(7-10)8-15(19)18-12-5-6-13(16)14(17)9-12/h2-7,9H,8H2,1H3,(H,18,19). The number of carbonyl (C=O) groups excluding carboxylic acids is 1. The molecule has 0 aliphatic heterocycles. The van der Waals surface area contributed by atoms with Crippen LogP contribution < -0.4 is 5.32 Å². The van der Waals surface area contributed by atoms with Crippen LogP contribution in [-0.4, -0.2) is 5.91 Å². The van der Waals surface area contributed by atoms with Crippen molar-refractivity contribution in [2.75, 3.05) is 5.32 Å². The van der Waals surface area contributed by atoms with E-state index in [0.29, 0.717) is 0 Å². The van der Waals surface area contributed by atoms with E-state index in [1.54, 1.807) is 0 Å². The van der Waals surface area contributed by atoms with Crippen LogP contribution in [0.3, 0.4) is 0 Å². The van der Waals surface area contributed by atoms with Gasteiger partial charge in [0.2, 0.25) is 5.91 Å². The molecule has 0 bridgehead atoms. The molecular weight excluding hydrogens is 248 g/mol. The van der Waals surface area contributed by atoms with Gasteiger partial charge in [-0.05, 0) is 24.6 Å². The van der Waals surface area contributed by atoms with Gasteiger partial charge in [-0.1, -0.05) is 29.8 Å². The lowest BCUT2D eigenvalue weighted by Gasteiger charge is -2.06. The lowest BCUT2D eigenvalue weighted by molar-refractivity contribution is -0.115. The summed E-state index contributed by atoms with van der Waals surface area (Å²) in [6.07, 6.45) is 0.195. The van der Waals surface area contributed by atoms with Crippen LogP contribution in [0.15, 0.2) is 42.5 Å². The summed E-state index contributed by atoms with van der Waals surface area (Å²) in [7, 11) is 0. The van der Waals surface area contributed by atoms with Gasteiger partial charge in [-0.2, -0.15) is 0 Å². The van der Waals surface area contributed by atoms with Crippen LogP contribution in [0.2, 0.25) is 0 Å². The Hall–Kier alpha value is -2.23. The van der Waals surface area contributed by atoms with E-state index >= 15 is 0 Å². The molecule has 0 fully saturated rings. The van der Waals surface area contributed by atoms with Gasteiger partial charge in [-0.3, -0.25) is 4.79 Å². The molecule has 2 nitrogen and oxygen atoms in total. The van der Waals surface area contributed by atoms with Crippen LogP contribution in [0.25, 0.3) is 0 Å². The van der Waals surface area contributed by atoms with Crippen LogP contribution in [0, 0.1) is 18.6 Å². The molecule has 0 saturated carbocycles. The summed E-state index contributed by atoms with van der Waals surface area (Å²) in [5.41, 5.74) is 2.19. The predicted molar refractivity (Wildman–Crippen MR) is 69.9 cm³/mol. The minimum Gasteiger partial charge on any atom is -0.326 e. The molecule has 0 atom stereocenters. The van der Waals surface area contributed by atoms with Crippen LogP contribution in [0.5, 0.6) is 0 Å². The minimum absolute atomic E-state index is 0.195. The van der Waals surface area contributed by atoms with E-state index in [1.165, 1.54) is 6.07 Å². The first-order chi connectivity index (χ1) is 9.04. The smallest absolute Gasteiger partial charge is 0.228 e. The maximum Gasteiger partial charge on any atom is 0.228 e. The molecule has 0 saturated heterocycles. The fraction of sp³-hybridized carbons (Fsp3) is 0.133. The van der Waals surface area contributed by atoms with Gasteiger partial charge >= 0.3 is 0 Å². The highest BCUT2D eigenvalue weighted by Crippen LogP contribution is 2.13. The number of benzene rings is 2. The number of hydrogen-bond donors (Lipinski definition) is 1. The van der Waals surface area contributed by atoms with Gasteiger partial charge in [0, 0.05) is 11.8 Å². The Morgan fingerprint density at radius 1 is 1.11 bits per heavy atom. The second kappa shape index (κ2) is 5.61. The van der Waals surface area contributed by atoms with Crippen molar-refractivity contribution in [2.45, 2.75) is 13.3 Å². The van der Waals surface area contributed by atoms with E-state index in [2.05, 4.69) is 5.32 Å². The van der Waals surface area contributed by atoms with E-state index in [0.717, 1.165) is 23.3 Å². The predicted octanol–water partition coefficient (Wildman–Crippen LogP) is 3.45.